The highest BCUT2D eigenvalue weighted by molar-refractivity contribution is 7.99. The molecule has 1 unspecified atom stereocenters. The fraction of sp³-hybridized carbons (Fsp3) is 0.409. The highest BCUT2D eigenvalue weighted by atomic mass is 32.2. The second-order valence-electron chi connectivity index (χ2n) is 7.94. The Morgan fingerprint density at radius 3 is 2.59 bits per heavy atom. The molecule has 1 aliphatic rings. The number of thioether (sulfide) groups is 1. The van der Waals surface area contributed by atoms with Crippen molar-refractivity contribution in [1.82, 2.24) is 14.5 Å². The molecular weight excluding hydrogens is 441 g/mol. The lowest BCUT2D eigenvalue weighted by atomic mass is 9.88. The van der Waals surface area contributed by atoms with Gasteiger partial charge in [-0.05, 0) is 37.3 Å². The average Bonchev–Trinajstić information content (AvgIpc) is 2.76. The maximum absolute atomic E-state index is 14.6. The molecule has 4 rings (SSSR count). The minimum atomic E-state index is -2.92. The molecule has 32 heavy (non-hydrogen) atoms. The molecule has 0 aliphatic carbocycles. The first kappa shape index (κ1) is 22.6. The highest BCUT2D eigenvalue weighted by Crippen LogP contribution is 2.36. The normalized spacial score (nSPS) is 17.0. The van der Waals surface area contributed by atoms with Crippen LogP contribution in [0.2, 0.25) is 0 Å². The van der Waals surface area contributed by atoms with Gasteiger partial charge in [-0.15, -0.1) is 0 Å². The summed E-state index contributed by atoms with van der Waals surface area (Å²) >= 11 is 1.72. The van der Waals surface area contributed by atoms with Gasteiger partial charge in [-0.2, -0.15) is 11.8 Å². The number of halogens is 3. The number of fused-ring (bicyclic) bond motifs is 1. The topological polar surface area (TPSA) is 80.0 Å². The van der Waals surface area contributed by atoms with Crippen LogP contribution >= 0.6 is 11.8 Å². The number of aromatic nitrogens is 3. The second kappa shape index (κ2) is 8.74. The Kier molecular flexibility index (Phi) is 6.17. The van der Waals surface area contributed by atoms with E-state index in [1.807, 2.05) is 0 Å². The standard InChI is InChI=1S/C22H23F3N4O2S/c1-12(13-4-3-5-14(17(13)23)18(24)25)28-19-15-10-16(22(31)6-8-32-9-7-22)21(30)29(2)20(15)27-11-26-19/h3-5,10-12,18,31H,6-9H2,1-2H3,(H,26,27,28). The number of nitrogens with one attached hydrogen (secondary N) is 1. The Morgan fingerprint density at radius 1 is 1.22 bits per heavy atom. The molecule has 3 aromatic rings. The Balaban J connectivity index is 1.79. The van der Waals surface area contributed by atoms with Crippen molar-refractivity contribution in [2.24, 2.45) is 7.05 Å². The SMILES string of the molecule is CC(Nc1ncnc2c1cc(C1(O)CCSCC1)c(=O)n2C)c1cccc(C(F)F)c1F. The Morgan fingerprint density at radius 2 is 1.91 bits per heavy atom. The minimum absolute atomic E-state index is 0.0718. The second-order valence-corrected chi connectivity index (χ2v) is 9.17. The van der Waals surface area contributed by atoms with E-state index in [4.69, 9.17) is 0 Å². The molecule has 1 aliphatic heterocycles. The number of rotatable bonds is 5. The smallest absolute Gasteiger partial charge is 0.266 e. The first-order valence-electron chi connectivity index (χ1n) is 10.2. The molecule has 1 saturated heterocycles. The van der Waals surface area contributed by atoms with E-state index >= 15 is 0 Å². The van der Waals surface area contributed by atoms with Crippen molar-refractivity contribution in [2.45, 2.75) is 37.8 Å². The van der Waals surface area contributed by atoms with Crippen LogP contribution in [0.5, 0.6) is 0 Å². The van der Waals surface area contributed by atoms with Gasteiger partial charge in [-0.25, -0.2) is 23.1 Å². The first-order valence-corrected chi connectivity index (χ1v) is 11.4. The zero-order chi connectivity index (χ0) is 23.0. The molecule has 1 aromatic carbocycles. The number of nitrogens with zero attached hydrogens (tertiary/aromatic N) is 3. The lowest BCUT2D eigenvalue weighted by Gasteiger charge is -2.32. The van der Waals surface area contributed by atoms with Crippen molar-refractivity contribution in [3.63, 3.8) is 0 Å². The molecule has 3 heterocycles. The van der Waals surface area contributed by atoms with Crippen LogP contribution in [0.4, 0.5) is 19.0 Å². The van der Waals surface area contributed by atoms with Crippen LogP contribution in [-0.4, -0.2) is 31.1 Å². The molecule has 0 spiro atoms. The number of hydrogen-bond donors (Lipinski definition) is 2. The van der Waals surface area contributed by atoms with Crippen molar-refractivity contribution < 1.29 is 18.3 Å². The number of aliphatic hydroxyl groups is 1. The van der Waals surface area contributed by atoms with Crippen LogP contribution in [0, 0.1) is 5.82 Å². The summed E-state index contributed by atoms with van der Waals surface area (Å²) in [7, 11) is 1.57. The molecule has 0 amide bonds. The van der Waals surface area contributed by atoms with Crippen molar-refractivity contribution >= 4 is 28.6 Å². The van der Waals surface area contributed by atoms with E-state index in [2.05, 4.69) is 15.3 Å². The van der Waals surface area contributed by atoms with Crippen molar-refractivity contribution in [2.75, 3.05) is 16.8 Å². The van der Waals surface area contributed by atoms with Gasteiger partial charge in [0.2, 0.25) is 0 Å². The van der Waals surface area contributed by atoms with Gasteiger partial charge in [0.05, 0.1) is 22.6 Å². The van der Waals surface area contributed by atoms with Crippen LogP contribution in [0.25, 0.3) is 11.0 Å². The minimum Gasteiger partial charge on any atom is -0.385 e. The summed E-state index contributed by atoms with van der Waals surface area (Å²) in [6.45, 7) is 1.64. The fourth-order valence-electron chi connectivity index (χ4n) is 4.05. The molecule has 1 atom stereocenters. The van der Waals surface area contributed by atoms with E-state index in [1.165, 1.54) is 23.0 Å². The van der Waals surface area contributed by atoms with Crippen molar-refractivity contribution in [3.05, 3.63) is 63.5 Å². The summed E-state index contributed by atoms with van der Waals surface area (Å²) in [5.74, 6) is 0.827. The van der Waals surface area contributed by atoms with Gasteiger partial charge in [0.25, 0.3) is 12.0 Å². The predicted molar refractivity (Wildman–Crippen MR) is 119 cm³/mol. The number of aryl methyl sites for hydroxylation is 1. The highest BCUT2D eigenvalue weighted by Gasteiger charge is 2.35. The molecule has 2 N–H and O–H groups in total. The summed E-state index contributed by atoms with van der Waals surface area (Å²) in [5.41, 5.74) is -1.55. The lowest BCUT2D eigenvalue weighted by molar-refractivity contribution is 0.0265. The molecule has 2 aromatic heterocycles. The van der Waals surface area contributed by atoms with E-state index in [-0.39, 0.29) is 16.7 Å². The molecule has 0 bridgehead atoms. The van der Waals surface area contributed by atoms with E-state index in [0.717, 1.165) is 17.6 Å². The maximum atomic E-state index is 14.6. The van der Waals surface area contributed by atoms with Gasteiger partial charge in [-0.1, -0.05) is 18.2 Å². The van der Waals surface area contributed by atoms with Crippen LogP contribution in [-0.2, 0) is 12.6 Å². The summed E-state index contributed by atoms with van der Waals surface area (Å²) < 4.78 is 42.2. The fourth-order valence-corrected chi connectivity index (χ4v) is 5.22. The molecule has 0 radical (unpaired) electrons. The Bertz CT molecular complexity index is 1210. The first-order chi connectivity index (χ1) is 15.2. The third-order valence-electron chi connectivity index (χ3n) is 5.94. The molecule has 0 saturated carbocycles. The number of benzene rings is 1. The summed E-state index contributed by atoms with van der Waals surface area (Å²) in [6, 6.07) is 4.78. The van der Waals surface area contributed by atoms with E-state index in [1.54, 1.807) is 31.8 Å². The zero-order valence-corrected chi connectivity index (χ0v) is 18.4. The van der Waals surface area contributed by atoms with Gasteiger partial charge >= 0.3 is 0 Å². The molecule has 6 nitrogen and oxygen atoms in total. The summed E-state index contributed by atoms with van der Waals surface area (Å²) in [6.07, 6.45) is -0.740. The van der Waals surface area contributed by atoms with E-state index in [9.17, 15) is 23.1 Å². The average molecular weight is 465 g/mol. The van der Waals surface area contributed by atoms with Gasteiger partial charge in [-0.3, -0.25) is 9.36 Å². The van der Waals surface area contributed by atoms with Gasteiger partial charge in [0.1, 0.15) is 23.6 Å². The van der Waals surface area contributed by atoms with Gasteiger partial charge in [0.15, 0.2) is 0 Å². The third-order valence-corrected chi connectivity index (χ3v) is 6.92. The molecular formula is C22H23F3N4O2S. The molecule has 1 fully saturated rings. The van der Waals surface area contributed by atoms with E-state index < -0.39 is 29.4 Å². The number of anilines is 1. The largest absolute Gasteiger partial charge is 0.385 e. The van der Waals surface area contributed by atoms with Gasteiger partial charge in [0, 0.05) is 18.2 Å². The lowest BCUT2D eigenvalue weighted by Crippen LogP contribution is -2.38. The third kappa shape index (κ3) is 3.97. The van der Waals surface area contributed by atoms with Crippen LogP contribution in [0.15, 0.2) is 35.4 Å². The summed E-state index contributed by atoms with van der Waals surface area (Å²) in [4.78, 5) is 21.4. The zero-order valence-electron chi connectivity index (χ0n) is 17.6. The van der Waals surface area contributed by atoms with Crippen molar-refractivity contribution in [3.8, 4) is 0 Å². The maximum Gasteiger partial charge on any atom is 0.266 e. The molecule has 10 heteroatoms. The molecule has 170 valence electrons. The number of hydrogen-bond acceptors (Lipinski definition) is 6. The quantitative estimate of drug-likeness (QED) is 0.586. The van der Waals surface area contributed by atoms with Crippen LogP contribution in [0.3, 0.4) is 0 Å². The number of alkyl halides is 2. The van der Waals surface area contributed by atoms with Crippen LogP contribution < -0.4 is 10.9 Å². The predicted octanol–water partition coefficient (Wildman–Crippen LogP) is 4.29. The van der Waals surface area contributed by atoms with Crippen molar-refractivity contribution in [1.29, 1.82) is 0 Å². The number of pyridine rings is 1. The van der Waals surface area contributed by atoms with E-state index in [0.29, 0.717) is 29.7 Å². The van der Waals surface area contributed by atoms with Gasteiger partial charge < -0.3 is 10.4 Å². The monoisotopic (exact) mass is 464 g/mol. The Labute approximate surface area is 186 Å². The van der Waals surface area contributed by atoms with Crippen LogP contribution in [0.1, 0.15) is 48.9 Å². The Hall–Kier alpha value is -2.59. The summed E-state index contributed by atoms with van der Waals surface area (Å²) in [5, 5.41) is 14.7.